The molecule has 6 atom stereocenters. The average molecular weight is 509 g/mol. The molecule has 5 rings (SSSR count). The Hall–Kier alpha value is -2.67. The van der Waals surface area contributed by atoms with Crippen molar-refractivity contribution in [1.82, 2.24) is 5.32 Å². The molecule has 7 heteroatoms. The number of aliphatic hydroxyl groups is 1. The van der Waals surface area contributed by atoms with E-state index in [0.717, 1.165) is 49.8 Å². The predicted molar refractivity (Wildman–Crippen MR) is 141 cm³/mol. The molecule has 3 fully saturated rings. The summed E-state index contributed by atoms with van der Waals surface area (Å²) in [6, 6.07) is 6.42. The summed E-state index contributed by atoms with van der Waals surface area (Å²) in [4.78, 5) is 28.6. The fourth-order valence-corrected chi connectivity index (χ4v) is 8.08. The third-order valence-corrected chi connectivity index (χ3v) is 10.6. The smallest absolute Gasteiger partial charge is 0.335 e. The van der Waals surface area contributed by atoms with Crippen LogP contribution in [-0.2, 0) is 16.2 Å². The Labute approximate surface area is 219 Å². The maximum absolute atomic E-state index is 12.2. The van der Waals surface area contributed by atoms with E-state index < -0.39 is 11.6 Å². The summed E-state index contributed by atoms with van der Waals surface area (Å²) in [5.41, 5.74) is 3.11. The van der Waals surface area contributed by atoms with Crippen LogP contribution in [0, 0.1) is 28.6 Å². The maximum Gasteiger partial charge on any atom is 0.335 e. The van der Waals surface area contributed by atoms with Crippen molar-refractivity contribution in [3.63, 3.8) is 0 Å². The molecule has 0 aromatic heterocycles. The van der Waals surface area contributed by atoms with Gasteiger partial charge >= 0.3 is 5.97 Å². The fraction of sp³-hybridized carbons (Fsp3) is 0.633. The largest absolute Gasteiger partial charge is 0.478 e. The molecule has 0 heterocycles. The molecular formula is C30H40N2O5. The van der Waals surface area contributed by atoms with E-state index in [4.69, 9.17) is 9.94 Å². The van der Waals surface area contributed by atoms with Crippen LogP contribution in [0.15, 0.2) is 41.1 Å². The maximum atomic E-state index is 12.2. The van der Waals surface area contributed by atoms with Gasteiger partial charge in [-0.05, 0) is 111 Å². The van der Waals surface area contributed by atoms with Crippen molar-refractivity contribution in [2.75, 3.05) is 6.61 Å². The minimum Gasteiger partial charge on any atom is -0.478 e. The molecule has 0 spiro atoms. The quantitative estimate of drug-likeness (QED) is 0.464. The number of allylic oxidation sites excluding steroid dienone is 2. The van der Waals surface area contributed by atoms with Crippen LogP contribution in [-0.4, -0.2) is 40.0 Å². The lowest BCUT2D eigenvalue weighted by Crippen LogP contribution is -2.53. The predicted octanol–water partition coefficient (Wildman–Crippen LogP) is 5.09. The molecule has 0 radical (unpaired) electrons. The summed E-state index contributed by atoms with van der Waals surface area (Å²) < 4.78 is 0. The molecule has 4 aliphatic rings. The highest BCUT2D eigenvalue weighted by Gasteiger charge is 2.62. The lowest BCUT2D eigenvalue weighted by atomic mass is 9.46. The van der Waals surface area contributed by atoms with Crippen LogP contribution in [0.2, 0.25) is 0 Å². The van der Waals surface area contributed by atoms with Crippen LogP contribution < -0.4 is 5.32 Å². The van der Waals surface area contributed by atoms with Crippen molar-refractivity contribution in [3.05, 3.63) is 47.0 Å². The van der Waals surface area contributed by atoms with Gasteiger partial charge in [0, 0.05) is 6.54 Å². The minimum absolute atomic E-state index is 0.0450. The number of carboxylic acid groups (broad SMARTS) is 1. The third-order valence-electron chi connectivity index (χ3n) is 10.6. The first kappa shape index (κ1) is 26.0. The molecule has 0 bridgehead atoms. The lowest BCUT2D eigenvalue weighted by molar-refractivity contribution is -0.125. The second kappa shape index (κ2) is 9.57. The van der Waals surface area contributed by atoms with Crippen LogP contribution in [0.3, 0.4) is 0 Å². The normalized spacial score (nSPS) is 37.7. The Morgan fingerprint density at radius 2 is 1.76 bits per heavy atom. The summed E-state index contributed by atoms with van der Waals surface area (Å²) >= 11 is 0. The molecule has 3 N–H and O–H groups in total. The molecule has 1 aromatic carbocycles. The van der Waals surface area contributed by atoms with Gasteiger partial charge in [0.1, 0.15) is 0 Å². The topological polar surface area (TPSA) is 108 Å². The molecule has 2 unspecified atom stereocenters. The van der Waals surface area contributed by atoms with Crippen molar-refractivity contribution >= 4 is 17.6 Å². The van der Waals surface area contributed by atoms with Gasteiger partial charge in [-0.2, -0.15) is 0 Å². The molecule has 0 saturated heterocycles. The zero-order chi connectivity index (χ0) is 26.4. The highest BCUT2D eigenvalue weighted by atomic mass is 16.6. The first-order valence-electron chi connectivity index (χ1n) is 13.7. The van der Waals surface area contributed by atoms with Crippen LogP contribution in [0.4, 0.5) is 0 Å². The van der Waals surface area contributed by atoms with Gasteiger partial charge in [0.05, 0.1) is 16.9 Å². The second-order valence-corrected chi connectivity index (χ2v) is 12.4. The number of nitrogens with zero attached hydrogens (tertiary/aromatic N) is 1. The molecule has 1 amide bonds. The summed E-state index contributed by atoms with van der Waals surface area (Å²) in [6.45, 7) is 6.99. The summed E-state index contributed by atoms with van der Waals surface area (Å²) in [7, 11) is 0. The van der Waals surface area contributed by atoms with Crippen LogP contribution in [0.1, 0.15) is 88.1 Å². The van der Waals surface area contributed by atoms with Gasteiger partial charge in [0.2, 0.25) is 0 Å². The van der Waals surface area contributed by atoms with Gasteiger partial charge in [-0.15, -0.1) is 0 Å². The van der Waals surface area contributed by atoms with E-state index in [2.05, 4.69) is 37.3 Å². The number of amides is 1. The molecular weight excluding hydrogens is 468 g/mol. The van der Waals surface area contributed by atoms with Gasteiger partial charge in [-0.25, -0.2) is 4.79 Å². The highest BCUT2D eigenvalue weighted by Crippen LogP contribution is 2.67. The van der Waals surface area contributed by atoms with Crippen LogP contribution in [0.5, 0.6) is 0 Å². The lowest BCUT2D eigenvalue weighted by Gasteiger charge is -2.59. The van der Waals surface area contributed by atoms with E-state index in [1.807, 2.05) is 0 Å². The monoisotopic (exact) mass is 508 g/mol. The van der Waals surface area contributed by atoms with Crippen LogP contribution >= 0.6 is 0 Å². The Bertz CT molecular complexity index is 1120. The van der Waals surface area contributed by atoms with Gasteiger partial charge in [-0.1, -0.05) is 36.7 Å². The first-order chi connectivity index (χ1) is 17.5. The number of carbonyl (C=O) groups excluding carboxylic acids is 1. The Kier molecular flexibility index (Phi) is 6.71. The van der Waals surface area contributed by atoms with Crippen molar-refractivity contribution in [3.8, 4) is 0 Å². The van der Waals surface area contributed by atoms with E-state index in [-0.39, 0.29) is 28.9 Å². The van der Waals surface area contributed by atoms with Gasteiger partial charge in [-0.3, -0.25) is 4.79 Å². The van der Waals surface area contributed by atoms with E-state index in [1.165, 1.54) is 30.5 Å². The number of benzene rings is 1. The number of rotatable bonds is 6. The van der Waals surface area contributed by atoms with Crippen molar-refractivity contribution in [2.24, 2.45) is 33.7 Å². The highest BCUT2D eigenvalue weighted by molar-refractivity contribution is 5.96. The van der Waals surface area contributed by atoms with E-state index in [1.54, 1.807) is 12.1 Å². The standard InChI is InChI=1S/C30H40N2O5/c1-28-13-10-22(32-37-18-26(33)31-17-19-4-6-20(7-5-19)27(34)35)16-21(28)8-9-23-24(28)11-14-29(2)25(23)12-15-30(29,3)36/h4-7,16,23-25,36H,8-15,17-18H2,1-3H3,(H,31,33)(H,34,35)/t23-,24?,25?,28+,29+,30+/m1/s1. The van der Waals surface area contributed by atoms with Gasteiger partial charge < -0.3 is 20.4 Å². The van der Waals surface area contributed by atoms with E-state index in [9.17, 15) is 14.7 Å². The summed E-state index contributed by atoms with van der Waals surface area (Å²) in [5, 5.41) is 27.2. The van der Waals surface area contributed by atoms with E-state index >= 15 is 0 Å². The molecule has 37 heavy (non-hydrogen) atoms. The van der Waals surface area contributed by atoms with Crippen LogP contribution in [0.25, 0.3) is 0 Å². The molecule has 3 saturated carbocycles. The number of carbonyl (C=O) groups is 2. The first-order valence-corrected chi connectivity index (χ1v) is 13.7. The molecule has 200 valence electrons. The molecule has 1 aromatic rings. The number of oxime groups is 1. The zero-order valence-electron chi connectivity index (χ0n) is 22.3. The Morgan fingerprint density at radius 1 is 1.03 bits per heavy atom. The third kappa shape index (κ3) is 4.60. The minimum atomic E-state index is -0.973. The number of carboxylic acids is 1. The Balaban J connectivity index is 1.16. The number of fused-ring (bicyclic) bond motifs is 5. The molecule has 4 aliphatic carbocycles. The molecule has 7 nitrogen and oxygen atoms in total. The summed E-state index contributed by atoms with van der Waals surface area (Å²) in [5.74, 6) is 0.731. The van der Waals surface area contributed by atoms with Gasteiger partial charge in [0.15, 0.2) is 6.61 Å². The molecule has 0 aliphatic heterocycles. The van der Waals surface area contributed by atoms with E-state index in [0.29, 0.717) is 24.3 Å². The van der Waals surface area contributed by atoms with Gasteiger partial charge in [0.25, 0.3) is 5.91 Å². The second-order valence-electron chi connectivity index (χ2n) is 12.4. The van der Waals surface area contributed by atoms with Crippen molar-refractivity contribution in [1.29, 1.82) is 0 Å². The van der Waals surface area contributed by atoms with Crippen molar-refractivity contribution in [2.45, 2.75) is 84.3 Å². The van der Waals surface area contributed by atoms with Crippen molar-refractivity contribution < 1.29 is 24.6 Å². The number of hydrogen-bond donors (Lipinski definition) is 3. The Morgan fingerprint density at radius 3 is 2.49 bits per heavy atom. The zero-order valence-corrected chi connectivity index (χ0v) is 22.3. The SMILES string of the molecule is C[C@]12CCC(=NOCC(=O)NCc3ccc(C(=O)O)cc3)C=C1CC[C@@H]1C2CC[C@@]2(C)C1CC[C@]2(C)O. The number of hydrogen-bond acceptors (Lipinski definition) is 5. The fourth-order valence-electron chi connectivity index (χ4n) is 8.08. The number of nitrogens with one attached hydrogen (secondary N) is 1. The summed E-state index contributed by atoms with van der Waals surface area (Å²) in [6.07, 6.45) is 10.8. The number of aromatic carboxylic acids is 1. The average Bonchev–Trinajstić information content (AvgIpc) is 3.11.